The van der Waals surface area contributed by atoms with Gasteiger partial charge in [-0.1, -0.05) is 0 Å². The number of hydrogen-bond donors (Lipinski definition) is 2. The van der Waals surface area contributed by atoms with Gasteiger partial charge in [0.1, 0.15) is 0 Å². The first kappa shape index (κ1) is 23.8. The SMILES string of the molecule is CCNC(=NCCCOCCOC)NCCCN1CCOCC1.I. The summed E-state index contributed by atoms with van der Waals surface area (Å²) < 4.78 is 15.7. The number of nitrogens with one attached hydrogen (secondary N) is 2. The summed E-state index contributed by atoms with van der Waals surface area (Å²) >= 11 is 0. The molecule has 0 spiro atoms. The standard InChI is InChI=1S/C16H34N4O3.HI/c1-3-17-16(19-7-5-11-22-15-14-21-2)18-6-4-8-20-9-12-23-13-10-20;/h3-15H2,1-2H3,(H2,17,18,19);1H. The number of nitrogens with zero attached hydrogens (tertiary/aromatic N) is 2. The molecule has 1 rings (SSSR count). The second-order valence-electron chi connectivity index (χ2n) is 5.45. The molecule has 8 heteroatoms. The molecule has 7 nitrogen and oxygen atoms in total. The number of hydrogen-bond acceptors (Lipinski definition) is 5. The Morgan fingerprint density at radius 2 is 1.92 bits per heavy atom. The van der Waals surface area contributed by atoms with E-state index >= 15 is 0 Å². The number of ether oxygens (including phenoxy) is 3. The third-order valence-electron chi connectivity index (χ3n) is 3.54. The van der Waals surface area contributed by atoms with E-state index in [2.05, 4.69) is 27.4 Å². The van der Waals surface area contributed by atoms with Gasteiger partial charge in [-0.05, 0) is 26.3 Å². The fourth-order valence-electron chi connectivity index (χ4n) is 2.28. The average molecular weight is 458 g/mol. The fraction of sp³-hybridized carbons (Fsp3) is 0.938. The summed E-state index contributed by atoms with van der Waals surface area (Å²) in [5, 5.41) is 6.67. The second-order valence-corrected chi connectivity index (χ2v) is 5.45. The lowest BCUT2D eigenvalue weighted by atomic mass is 10.3. The van der Waals surface area contributed by atoms with Crippen molar-refractivity contribution < 1.29 is 14.2 Å². The molecule has 1 saturated heterocycles. The van der Waals surface area contributed by atoms with E-state index in [-0.39, 0.29) is 24.0 Å². The first-order valence-corrected chi connectivity index (χ1v) is 8.75. The first-order chi connectivity index (χ1) is 11.4. The molecule has 1 fully saturated rings. The Morgan fingerprint density at radius 1 is 1.12 bits per heavy atom. The molecule has 0 saturated carbocycles. The van der Waals surface area contributed by atoms with Gasteiger partial charge in [-0.15, -0.1) is 24.0 Å². The molecular formula is C16H35IN4O3. The number of morpholine rings is 1. The van der Waals surface area contributed by atoms with Gasteiger partial charge in [0, 0.05) is 46.4 Å². The Bertz CT molecular complexity index is 303. The normalized spacial score (nSPS) is 15.8. The summed E-state index contributed by atoms with van der Waals surface area (Å²) in [5.74, 6) is 0.895. The van der Waals surface area contributed by atoms with Gasteiger partial charge in [0.15, 0.2) is 5.96 Å². The third-order valence-corrected chi connectivity index (χ3v) is 3.54. The van der Waals surface area contributed by atoms with E-state index in [1.807, 2.05) is 0 Å². The van der Waals surface area contributed by atoms with Gasteiger partial charge in [-0.2, -0.15) is 0 Å². The van der Waals surface area contributed by atoms with Gasteiger partial charge in [0.2, 0.25) is 0 Å². The Morgan fingerprint density at radius 3 is 2.62 bits per heavy atom. The van der Waals surface area contributed by atoms with Crippen molar-refractivity contribution in [2.24, 2.45) is 4.99 Å². The Balaban J connectivity index is 0.00000529. The monoisotopic (exact) mass is 458 g/mol. The van der Waals surface area contributed by atoms with Crippen molar-refractivity contribution in [1.29, 1.82) is 0 Å². The van der Waals surface area contributed by atoms with Crippen LogP contribution < -0.4 is 10.6 Å². The zero-order chi connectivity index (χ0) is 16.6. The van der Waals surface area contributed by atoms with Gasteiger partial charge in [0.25, 0.3) is 0 Å². The highest BCUT2D eigenvalue weighted by atomic mass is 127. The topological polar surface area (TPSA) is 67.4 Å². The van der Waals surface area contributed by atoms with Crippen LogP contribution in [0.4, 0.5) is 0 Å². The number of rotatable bonds is 12. The summed E-state index contributed by atoms with van der Waals surface area (Å²) in [4.78, 5) is 7.02. The maximum absolute atomic E-state index is 5.43. The molecule has 0 aromatic rings. The van der Waals surface area contributed by atoms with E-state index in [1.54, 1.807) is 7.11 Å². The molecule has 24 heavy (non-hydrogen) atoms. The van der Waals surface area contributed by atoms with Crippen molar-refractivity contribution in [3.8, 4) is 0 Å². The van der Waals surface area contributed by atoms with E-state index in [0.717, 1.165) is 77.9 Å². The van der Waals surface area contributed by atoms with E-state index in [0.29, 0.717) is 13.2 Å². The van der Waals surface area contributed by atoms with E-state index in [9.17, 15) is 0 Å². The quantitative estimate of drug-likeness (QED) is 0.196. The lowest BCUT2D eigenvalue weighted by molar-refractivity contribution is 0.0376. The number of aliphatic imine (C=N–C) groups is 1. The third kappa shape index (κ3) is 13.2. The lowest BCUT2D eigenvalue weighted by Crippen LogP contribution is -2.40. The minimum Gasteiger partial charge on any atom is -0.382 e. The van der Waals surface area contributed by atoms with Crippen molar-refractivity contribution in [1.82, 2.24) is 15.5 Å². The molecular weight excluding hydrogens is 423 g/mol. The Labute approximate surface area is 163 Å². The van der Waals surface area contributed by atoms with Crippen LogP contribution in [0, 0.1) is 0 Å². The average Bonchev–Trinajstić information content (AvgIpc) is 2.58. The van der Waals surface area contributed by atoms with Crippen molar-refractivity contribution >= 4 is 29.9 Å². The molecule has 0 bridgehead atoms. The van der Waals surface area contributed by atoms with Crippen LogP contribution in [-0.2, 0) is 14.2 Å². The fourth-order valence-corrected chi connectivity index (χ4v) is 2.28. The van der Waals surface area contributed by atoms with Crippen LogP contribution >= 0.6 is 24.0 Å². The maximum Gasteiger partial charge on any atom is 0.191 e. The molecule has 0 atom stereocenters. The van der Waals surface area contributed by atoms with Crippen LogP contribution in [0.2, 0.25) is 0 Å². The molecule has 144 valence electrons. The van der Waals surface area contributed by atoms with Crippen LogP contribution in [0.15, 0.2) is 4.99 Å². The highest BCUT2D eigenvalue weighted by Gasteiger charge is 2.09. The Kier molecular flexibility index (Phi) is 17.5. The van der Waals surface area contributed by atoms with Crippen molar-refractivity contribution in [3.05, 3.63) is 0 Å². The van der Waals surface area contributed by atoms with Crippen LogP contribution in [0.1, 0.15) is 19.8 Å². The van der Waals surface area contributed by atoms with Gasteiger partial charge >= 0.3 is 0 Å². The number of guanidine groups is 1. The second kappa shape index (κ2) is 17.7. The number of halogens is 1. The predicted octanol–water partition coefficient (Wildman–Crippen LogP) is 0.935. The minimum atomic E-state index is 0. The highest BCUT2D eigenvalue weighted by molar-refractivity contribution is 14.0. The van der Waals surface area contributed by atoms with Crippen LogP contribution in [0.3, 0.4) is 0 Å². The lowest BCUT2D eigenvalue weighted by Gasteiger charge is -2.26. The van der Waals surface area contributed by atoms with Gasteiger partial charge in [0.05, 0.1) is 26.4 Å². The smallest absolute Gasteiger partial charge is 0.191 e. The molecule has 2 N–H and O–H groups in total. The summed E-state index contributed by atoms with van der Waals surface area (Å²) in [6, 6.07) is 0. The van der Waals surface area contributed by atoms with Gasteiger partial charge < -0.3 is 24.8 Å². The molecule has 1 aliphatic heterocycles. The first-order valence-electron chi connectivity index (χ1n) is 8.75. The molecule has 1 aliphatic rings. The molecule has 0 aromatic carbocycles. The zero-order valence-electron chi connectivity index (χ0n) is 15.2. The summed E-state index contributed by atoms with van der Waals surface area (Å²) in [6.07, 6.45) is 2.04. The van der Waals surface area contributed by atoms with Crippen LogP contribution in [0.25, 0.3) is 0 Å². The molecule has 0 aromatic heterocycles. The van der Waals surface area contributed by atoms with Crippen LogP contribution in [-0.4, -0.2) is 90.3 Å². The maximum atomic E-state index is 5.43. The number of methoxy groups -OCH3 is 1. The van der Waals surface area contributed by atoms with Gasteiger partial charge in [-0.3, -0.25) is 9.89 Å². The van der Waals surface area contributed by atoms with Gasteiger partial charge in [-0.25, -0.2) is 0 Å². The predicted molar refractivity (Wildman–Crippen MR) is 109 cm³/mol. The molecule has 0 radical (unpaired) electrons. The Hall–Kier alpha value is -0.160. The highest BCUT2D eigenvalue weighted by Crippen LogP contribution is 1.97. The van der Waals surface area contributed by atoms with E-state index in [1.165, 1.54) is 0 Å². The largest absolute Gasteiger partial charge is 0.382 e. The van der Waals surface area contributed by atoms with Crippen molar-refractivity contribution in [3.63, 3.8) is 0 Å². The van der Waals surface area contributed by atoms with E-state index in [4.69, 9.17) is 14.2 Å². The molecule has 0 amide bonds. The van der Waals surface area contributed by atoms with E-state index < -0.39 is 0 Å². The summed E-state index contributed by atoms with van der Waals surface area (Å²) in [7, 11) is 1.68. The van der Waals surface area contributed by atoms with Crippen LogP contribution in [0.5, 0.6) is 0 Å². The van der Waals surface area contributed by atoms with Crippen molar-refractivity contribution in [2.75, 3.05) is 79.4 Å². The molecule has 1 heterocycles. The molecule has 0 aliphatic carbocycles. The molecule has 0 unspecified atom stereocenters. The van der Waals surface area contributed by atoms with Crippen molar-refractivity contribution in [2.45, 2.75) is 19.8 Å². The summed E-state index contributed by atoms with van der Waals surface area (Å²) in [6.45, 7) is 11.6. The summed E-state index contributed by atoms with van der Waals surface area (Å²) in [5.41, 5.74) is 0. The zero-order valence-corrected chi connectivity index (χ0v) is 17.6. The minimum absolute atomic E-state index is 0.